The highest BCUT2D eigenvalue weighted by Gasteiger charge is 2.38. The summed E-state index contributed by atoms with van der Waals surface area (Å²) in [4.78, 5) is 9.33. The predicted molar refractivity (Wildman–Crippen MR) is 139 cm³/mol. The van der Waals surface area contributed by atoms with Crippen LogP contribution in [0.2, 0.25) is 0 Å². The van der Waals surface area contributed by atoms with Gasteiger partial charge in [0.2, 0.25) is 0 Å². The largest absolute Gasteiger partial charge is 0.497 e. The molecule has 2 fully saturated rings. The van der Waals surface area contributed by atoms with E-state index in [2.05, 4.69) is 22.3 Å². The van der Waals surface area contributed by atoms with Gasteiger partial charge in [-0.3, -0.25) is 4.90 Å². The summed E-state index contributed by atoms with van der Waals surface area (Å²) < 4.78 is 37.2. The number of halogens is 2. The van der Waals surface area contributed by atoms with Crippen molar-refractivity contribution in [2.75, 3.05) is 64.9 Å². The lowest BCUT2D eigenvalue weighted by Gasteiger charge is -2.33. The summed E-state index contributed by atoms with van der Waals surface area (Å²) in [5.41, 5.74) is 3.93. The highest BCUT2D eigenvalue weighted by molar-refractivity contribution is 5.95. The van der Waals surface area contributed by atoms with E-state index in [4.69, 9.17) is 14.5 Å². The lowest BCUT2D eigenvalue weighted by Crippen LogP contribution is -2.42. The summed E-state index contributed by atoms with van der Waals surface area (Å²) in [5, 5.41) is 4.16. The van der Waals surface area contributed by atoms with Crippen LogP contribution in [0.25, 0.3) is 22.2 Å². The van der Waals surface area contributed by atoms with Crippen molar-refractivity contribution in [3.8, 4) is 22.8 Å². The fourth-order valence-corrected chi connectivity index (χ4v) is 5.52. The molecule has 0 aliphatic carbocycles. The van der Waals surface area contributed by atoms with E-state index in [1.807, 2.05) is 48.3 Å². The van der Waals surface area contributed by atoms with Gasteiger partial charge >= 0.3 is 0 Å². The average molecular weight is 497 g/mol. The maximum Gasteiger partial charge on any atom is 0.251 e. The number of pyridine rings is 1. The second kappa shape index (κ2) is 11.0. The van der Waals surface area contributed by atoms with Gasteiger partial charge in [0.1, 0.15) is 18.1 Å². The van der Waals surface area contributed by atoms with E-state index >= 15 is 0 Å². The van der Waals surface area contributed by atoms with E-state index in [-0.39, 0.29) is 6.54 Å². The minimum absolute atomic E-state index is 0.125. The molecule has 5 rings (SSSR count). The molecule has 0 bridgehead atoms. The Morgan fingerprint density at radius 1 is 1.03 bits per heavy atom. The standard InChI is InChI=1S/C28H34F2N4O2/c1-31-10-12-36-22-5-3-19(4-6-22)25-14-27(24-8-7-23(35-2)13-26(24)32-25)34-16-20-9-11-33(18-28(29)30)15-21(20)17-34/h3-8,13-14,20-21,28,31H,9-12,15-18H2,1-2H3. The van der Waals surface area contributed by atoms with Crippen LogP contribution in [-0.4, -0.2) is 76.3 Å². The molecule has 2 aliphatic rings. The van der Waals surface area contributed by atoms with Crippen LogP contribution in [0.15, 0.2) is 48.5 Å². The predicted octanol–water partition coefficient (Wildman–Crippen LogP) is 4.53. The molecule has 2 aliphatic heterocycles. The van der Waals surface area contributed by atoms with Crippen molar-refractivity contribution in [1.29, 1.82) is 0 Å². The zero-order chi connectivity index (χ0) is 25.1. The van der Waals surface area contributed by atoms with Gasteiger partial charge in [0.15, 0.2) is 0 Å². The van der Waals surface area contributed by atoms with Crippen molar-refractivity contribution < 1.29 is 18.3 Å². The molecule has 1 aromatic heterocycles. The van der Waals surface area contributed by atoms with Gasteiger partial charge in [-0.2, -0.15) is 0 Å². The lowest BCUT2D eigenvalue weighted by molar-refractivity contribution is 0.0571. The topological polar surface area (TPSA) is 49.9 Å². The number of likely N-dealkylation sites (tertiary alicyclic amines) is 1. The number of piperidine rings is 1. The summed E-state index contributed by atoms with van der Waals surface area (Å²) in [6.45, 7) is 4.58. The number of likely N-dealkylation sites (N-methyl/N-ethyl adjacent to an activating group) is 1. The number of aromatic nitrogens is 1. The Morgan fingerprint density at radius 2 is 1.81 bits per heavy atom. The fourth-order valence-electron chi connectivity index (χ4n) is 5.52. The van der Waals surface area contributed by atoms with Crippen molar-refractivity contribution in [1.82, 2.24) is 15.2 Å². The number of anilines is 1. The molecule has 36 heavy (non-hydrogen) atoms. The zero-order valence-electron chi connectivity index (χ0n) is 20.9. The zero-order valence-corrected chi connectivity index (χ0v) is 20.9. The van der Waals surface area contributed by atoms with Crippen molar-refractivity contribution in [3.05, 3.63) is 48.5 Å². The molecular weight excluding hydrogens is 462 g/mol. The molecule has 0 amide bonds. The maximum absolute atomic E-state index is 13.0. The normalized spacial score (nSPS) is 20.2. The molecule has 0 spiro atoms. The Hall–Kier alpha value is -2.97. The summed E-state index contributed by atoms with van der Waals surface area (Å²) in [5.74, 6) is 2.52. The van der Waals surface area contributed by atoms with E-state index < -0.39 is 6.43 Å². The third-order valence-corrected chi connectivity index (χ3v) is 7.39. The molecule has 2 unspecified atom stereocenters. The minimum atomic E-state index is -2.28. The summed E-state index contributed by atoms with van der Waals surface area (Å²) in [6.07, 6.45) is -1.31. The highest BCUT2D eigenvalue weighted by atomic mass is 19.3. The number of fused-ring (bicyclic) bond motifs is 2. The van der Waals surface area contributed by atoms with Gasteiger partial charge in [-0.25, -0.2) is 13.8 Å². The molecule has 3 heterocycles. The number of nitrogens with zero attached hydrogens (tertiary/aromatic N) is 3. The molecule has 3 aromatic rings. The summed E-state index contributed by atoms with van der Waals surface area (Å²) >= 11 is 0. The quantitative estimate of drug-likeness (QED) is 0.440. The van der Waals surface area contributed by atoms with Gasteiger partial charge in [-0.1, -0.05) is 0 Å². The van der Waals surface area contributed by atoms with Crippen LogP contribution in [0, 0.1) is 11.8 Å². The second-order valence-electron chi connectivity index (χ2n) is 9.75. The molecule has 1 N–H and O–H groups in total. The molecule has 0 radical (unpaired) electrons. The Bertz CT molecular complexity index is 1170. The van der Waals surface area contributed by atoms with Crippen molar-refractivity contribution in [3.63, 3.8) is 0 Å². The van der Waals surface area contributed by atoms with Crippen LogP contribution in [0.1, 0.15) is 6.42 Å². The van der Waals surface area contributed by atoms with Crippen LogP contribution in [0.4, 0.5) is 14.5 Å². The first kappa shape index (κ1) is 24.7. The lowest BCUT2D eigenvalue weighted by atomic mass is 9.89. The van der Waals surface area contributed by atoms with Gasteiger partial charge in [-0.15, -0.1) is 0 Å². The first-order valence-electron chi connectivity index (χ1n) is 12.7. The SMILES string of the molecule is CNCCOc1ccc(-c2cc(N3CC4CCN(CC(F)F)CC4C3)c3ccc(OC)cc3n2)cc1. The number of hydrogen-bond donors (Lipinski definition) is 1. The second-order valence-corrected chi connectivity index (χ2v) is 9.75. The smallest absolute Gasteiger partial charge is 0.251 e. The molecule has 0 saturated carbocycles. The Morgan fingerprint density at radius 3 is 2.56 bits per heavy atom. The Labute approximate surface area is 211 Å². The number of alkyl halides is 2. The molecule has 2 saturated heterocycles. The summed E-state index contributed by atoms with van der Waals surface area (Å²) in [7, 11) is 3.56. The Balaban J connectivity index is 1.44. The van der Waals surface area contributed by atoms with Gasteiger partial charge in [0.25, 0.3) is 6.43 Å². The van der Waals surface area contributed by atoms with E-state index in [0.717, 1.165) is 78.5 Å². The third kappa shape index (κ3) is 5.39. The van der Waals surface area contributed by atoms with Crippen LogP contribution in [-0.2, 0) is 0 Å². The number of rotatable bonds is 9. The fraction of sp³-hybridized carbons (Fsp3) is 0.464. The molecule has 8 heteroatoms. The first-order valence-corrected chi connectivity index (χ1v) is 12.7. The maximum atomic E-state index is 13.0. The molecule has 6 nitrogen and oxygen atoms in total. The number of nitrogens with one attached hydrogen (secondary N) is 1. The first-order chi connectivity index (χ1) is 17.5. The average Bonchev–Trinajstić information content (AvgIpc) is 3.31. The van der Waals surface area contributed by atoms with Gasteiger partial charge in [0.05, 0.1) is 24.9 Å². The van der Waals surface area contributed by atoms with Gasteiger partial charge in [-0.05, 0) is 74.3 Å². The van der Waals surface area contributed by atoms with E-state index in [1.54, 1.807) is 7.11 Å². The number of hydrogen-bond acceptors (Lipinski definition) is 6. The number of methoxy groups -OCH3 is 1. The highest BCUT2D eigenvalue weighted by Crippen LogP contribution is 2.39. The van der Waals surface area contributed by atoms with Crippen molar-refractivity contribution in [2.24, 2.45) is 11.8 Å². The van der Waals surface area contributed by atoms with Crippen molar-refractivity contribution in [2.45, 2.75) is 12.8 Å². The monoisotopic (exact) mass is 496 g/mol. The van der Waals surface area contributed by atoms with Crippen LogP contribution >= 0.6 is 0 Å². The number of ether oxygens (including phenoxy) is 2. The molecular formula is C28H34F2N4O2. The van der Waals surface area contributed by atoms with Gasteiger partial charge in [0, 0.05) is 48.9 Å². The van der Waals surface area contributed by atoms with Crippen LogP contribution in [0.5, 0.6) is 11.5 Å². The third-order valence-electron chi connectivity index (χ3n) is 7.39. The Kier molecular flexibility index (Phi) is 7.53. The number of benzene rings is 2. The summed E-state index contributed by atoms with van der Waals surface area (Å²) in [6, 6.07) is 16.2. The van der Waals surface area contributed by atoms with E-state index in [1.165, 1.54) is 0 Å². The minimum Gasteiger partial charge on any atom is -0.497 e. The van der Waals surface area contributed by atoms with E-state index in [0.29, 0.717) is 18.4 Å². The van der Waals surface area contributed by atoms with Crippen LogP contribution in [0.3, 0.4) is 0 Å². The molecule has 2 aromatic carbocycles. The van der Waals surface area contributed by atoms with Crippen LogP contribution < -0.4 is 19.7 Å². The van der Waals surface area contributed by atoms with E-state index in [9.17, 15) is 8.78 Å². The van der Waals surface area contributed by atoms with Crippen molar-refractivity contribution >= 4 is 16.6 Å². The van der Waals surface area contributed by atoms with Gasteiger partial charge < -0.3 is 19.7 Å². The molecule has 192 valence electrons. The molecule has 2 atom stereocenters.